The van der Waals surface area contributed by atoms with Gasteiger partial charge in [-0.2, -0.15) is 0 Å². The van der Waals surface area contributed by atoms with Crippen molar-refractivity contribution in [3.8, 4) is 0 Å². The third-order valence-corrected chi connectivity index (χ3v) is 5.18. The molecule has 2 aliphatic rings. The predicted octanol–water partition coefficient (Wildman–Crippen LogP) is 2.66. The van der Waals surface area contributed by atoms with Gasteiger partial charge < -0.3 is 9.84 Å². The molecular weight excluding hydrogens is 262 g/mol. The minimum absolute atomic E-state index is 0.108. The van der Waals surface area contributed by atoms with Crippen molar-refractivity contribution >= 4 is 0 Å². The molecule has 2 bridgehead atoms. The molecule has 0 radical (unpaired) electrons. The molecule has 0 aliphatic carbocycles. The molecule has 1 N–H and O–H groups in total. The summed E-state index contributed by atoms with van der Waals surface area (Å²) in [5, 5.41) is 11.3. The number of hydrogen-bond acceptors (Lipinski definition) is 3. The molecule has 2 saturated heterocycles. The highest BCUT2D eigenvalue weighted by Gasteiger charge is 2.45. The van der Waals surface area contributed by atoms with E-state index in [1.165, 1.54) is 5.56 Å². The van der Waals surface area contributed by atoms with Gasteiger partial charge in [-0.3, -0.25) is 4.90 Å². The summed E-state index contributed by atoms with van der Waals surface area (Å²) in [7, 11) is 2.16. The Hall–Kier alpha value is -0.900. The van der Waals surface area contributed by atoms with Gasteiger partial charge in [0.2, 0.25) is 0 Å². The van der Waals surface area contributed by atoms with Crippen LogP contribution >= 0.6 is 0 Å². The molecular formula is C18H27NO2. The second kappa shape index (κ2) is 5.08. The van der Waals surface area contributed by atoms with Crippen LogP contribution in [-0.4, -0.2) is 42.4 Å². The maximum absolute atomic E-state index is 11.3. The van der Waals surface area contributed by atoms with Gasteiger partial charge in [-0.25, -0.2) is 0 Å². The zero-order chi connectivity index (χ0) is 15.3. The Morgan fingerprint density at radius 3 is 2.38 bits per heavy atom. The van der Waals surface area contributed by atoms with E-state index in [0.717, 1.165) is 31.6 Å². The van der Waals surface area contributed by atoms with Crippen molar-refractivity contribution in [3.63, 3.8) is 0 Å². The smallest absolute Gasteiger partial charge is 0.0928 e. The topological polar surface area (TPSA) is 32.7 Å². The predicted molar refractivity (Wildman–Crippen MR) is 84.4 cm³/mol. The largest absolute Gasteiger partial charge is 0.385 e. The highest BCUT2D eigenvalue weighted by Crippen LogP contribution is 2.41. The molecule has 3 rings (SSSR count). The van der Waals surface area contributed by atoms with Crippen LogP contribution in [0, 0.1) is 0 Å². The number of likely N-dealkylation sites (N-methyl/N-ethyl adjacent to an activating group) is 1. The average molecular weight is 289 g/mol. The van der Waals surface area contributed by atoms with Gasteiger partial charge in [0.25, 0.3) is 0 Å². The molecule has 0 spiro atoms. The summed E-state index contributed by atoms with van der Waals surface area (Å²) in [5.74, 6) is 0. The van der Waals surface area contributed by atoms with Crippen LogP contribution in [0.2, 0.25) is 0 Å². The molecule has 0 aromatic heterocycles. The summed E-state index contributed by atoms with van der Waals surface area (Å²) in [6.07, 6.45) is 1.52. The van der Waals surface area contributed by atoms with Gasteiger partial charge in [0.05, 0.1) is 18.8 Å². The van der Waals surface area contributed by atoms with Crippen LogP contribution in [0.1, 0.15) is 44.7 Å². The summed E-state index contributed by atoms with van der Waals surface area (Å²) < 4.78 is 5.66. The van der Waals surface area contributed by atoms with Gasteiger partial charge in [-0.05, 0) is 36.4 Å². The van der Waals surface area contributed by atoms with Gasteiger partial charge in [-0.15, -0.1) is 0 Å². The van der Waals surface area contributed by atoms with E-state index in [0.29, 0.717) is 12.1 Å². The highest BCUT2D eigenvalue weighted by atomic mass is 16.5. The summed E-state index contributed by atoms with van der Waals surface area (Å²) in [4.78, 5) is 2.38. The van der Waals surface area contributed by atoms with E-state index in [4.69, 9.17) is 4.74 Å². The number of nitrogens with zero attached hydrogens (tertiary/aromatic N) is 1. The van der Waals surface area contributed by atoms with Crippen molar-refractivity contribution in [2.45, 2.75) is 56.7 Å². The van der Waals surface area contributed by atoms with E-state index in [2.05, 4.69) is 57.0 Å². The zero-order valence-electron chi connectivity index (χ0n) is 13.6. The van der Waals surface area contributed by atoms with Crippen molar-refractivity contribution in [1.29, 1.82) is 0 Å². The third-order valence-electron chi connectivity index (χ3n) is 5.18. The molecule has 116 valence electrons. The van der Waals surface area contributed by atoms with Crippen LogP contribution < -0.4 is 0 Å². The molecule has 0 saturated carbocycles. The number of fused-ring (bicyclic) bond motifs is 2. The fourth-order valence-corrected chi connectivity index (χ4v) is 3.65. The Morgan fingerprint density at radius 1 is 1.19 bits per heavy atom. The number of benzene rings is 1. The monoisotopic (exact) mass is 289 g/mol. The van der Waals surface area contributed by atoms with E-state index in [9.17, 15) is 5.11 Å². The number of morpholine rings is 1. The standard InChI is InChI=1S/C18H27NO2/c1-17(2,3)13-6-5-7-14(8-13)18(20)9-15-11-21-12-16(10-18)19(15)4/h5-8,15-16,20H,9-12H2,1-4H3. The Balaban J connectivity index is 1.93. The maximum atomic E-state index is 11.3. The van der Waals surface area contributed by atoms with Crippen molar-refractivity contribution in [2.24, 2.45) is 0 Å². The second-order valence-corrected chi connectivity index (χ2v) is 7.78. The minimum Gasteiger partial charge on any atom is -0.385 e. The van der Waals surface area contributed by atoms with Gasteiger partial charge in [0.1, 0.15) is 0 Å². The first-order valence-corrected chi connectivity index (χ1v) is 7.93. The molecule has 21 heavy (non-hydrogen) atoms. The summed E-state index contributed by atoms with van der Waals surface area (Å²) in [6, 6.07) is 9.16. The highest BCUT2D eigenvalue weighted by molar-refractivity contribution is 5.33. The van der Waals surface area contributed by atoms with Crippen molar-refractivity contribution in [2.75, 3.05) is 20.3 Å². The van der Waals surface area contributed by atoms with Crippen molar-refractivity contribution in [1.82, 2.24) is 4.90 Å². The molecule has 3 nitrogen and oxygen atoms in total. The normalized spacial score (nSPS) is 34.0. The lowest BCUT2D eigenvalue weighted by Gasteiger charge is -2.50. The van der Waals surface area contributed by atoms with Gasteiger partial charge in [0.15, 0.2) is 0 Å². The van der Waals surface area contributed by atoms with Crippen LogP contribution in [0.4, 0.5) is 0 Å². The summed E-state index contributed by atoms with van der Waals surface area (Å²) in [6.45, 7) is 8.11. The van der Waals surface area contributed by atoms with Gasteiger partial charge >= 0.3 is 0 Å². The summed E-state index contributed by atoms with van der Waals surface area (Å²) in [5.41, 5.74) is 1.75. The SMILES string of the molecule is CN1C2COCC1CC(O)(c1cccc(C(C)(C)C)c1)C2. The van der Waals surface area contributed by atoms with E-state index in [-0.39, 0.29) is 5.41 Å². The molecule has 2 heterocycles. The molecule has 2 unspecified atom stereocenters. The fraction of sp³-hybridized carbons (Fsp3) is 0.667. The van der Waals surface area contributed by atoms with Gasteiger partial charge in [-0.1, -0.05) is 45.0 Å². The van der Waals surface area contributed by atoms with E-state index in [1.807, 2.05) is 0 Å². The fourth-order valence-electron chi connectivity index (χ4n) is 3.65. The molecule has 2 atom stereocenters. The lowest BCUT2D eigenvalue weighted by molar-refractivity contribution is -0.137. The zero-order valence-corrected chi connectivity index (χ0v) is 13.6. The first kappa shape index (κ1) is 15.0. The van der Waals surface area contributed by atoms with Crippen LogP contribution in [0.15, 0.2) is 24.3 Å². The Morgan fingerprint density at radius 2 is 1.81 bits per heavy atom. The van der Waals surface area contributed by atoms with Crippen LogP contribution in [-0.2, 0) is 15.8 Å². The van der Waals surface area contributed by atoms with E-state index >= 15 is 0 Å². The van der Waals surface area contributed by atoms with Crippen LogP contribution in [0.3, 0.4) is 0 Å². The van der Waals surface area contributed by atoms with Crippen LogP contribution in [0.5, 0.6) is 0 Å². The Bertz CT molecular complexity index is 506. The molecule has 2 fully saturated rings. The maximum Gasteiger partial charge on any atom is 0.0928 e. The number of hydrogen-bond donors (Lipinski definition) is 1. The number of aliphatic hydroxyl groups is 1. The molecule has 0 amide bonds. The summed E-state index contributed by atoms with van der Waals surface area (Å²) >= 11 is 0. The first-order valence-electron chi connectivity index (χ1n) is 7.93. The third kappa shape index (κ3) is 2.75. The average Bonchev–Trinajstić information content (AvgIpc) is 2.40. The molecule has 2 aliphatic heterocycles. The Kier molecular flexibility index (Phi) is 3.63. The lowest BCUT2D eigenvalue weighted by Crippen LogP contribution is -2.59. The van der Waals surface area contributed by atoms with Crippen molar-refractivity contribution in [3.05, 3.63) is 35.4 Å². The first-order chi connectivity index (χ1) is 9.79. The number of ether oxygens (including phenoxy) is 1. The lowest BCUT2D eigenvalue weighted by atomic mass is 9.75. The molecule has 3 heteroatoms. The molecule has 1 aromatic carbocycles. The number of rotatable bonds is 1. The second-order valence-electron chi connectivity index (χ2n) is 7.78. The minimum atomic E-state index is -0.715. The van der Waals surface area contributed by atoms with Gasteiger partial charge in [0, 0.05) is 12.1 Å². The van der Waals surface area contributed by atoms with Crippen LogP contribution in [0.25, 0.3) is 0 Å². The van der Waals surface area contributed by atoms with E-state index < -0.39 is 5.60 Å². The molecule has 1 aromatic rings. The van der Waals surface area contributed by atoms with Crippen molar-refractivity contribution < 1.29 is 9.84 Å². The Labute approximate surface area is 127 Å². The number of piperidine rings is 1. The van der Waals surface area contributed by atoms with E-state index in [1.54, 1.807) is 0 Å². The quantitative estimate of drug-likeness (QED) is 0.863.